The minimum Gasteiger partial charge on any atom is -0.489 e. The fourth-order valence-corrected chi connectivity index (χ4v) is 2.06. The molecule has 2 rings (SSSR count). The Morgan fingerprint density at radius 2 is 2.20 bits per heavy atom. The van der Waals surface area contributed by atoms with Crippen LogP contribution in [0.3, 0.4) is 0 Å². The van der Waals surface area contributed by atoms with E-state index in [0.29, 0.717) is 26.0 Å². The van der Waals surface area contributed by atoms with Gasteiger partial charge in [-0.2, -0.15) is 0 Å². The average Bonchev–Trinajstić information content (AvgIpc) is 2.45. The van der Waals surface area contributed by atoms with Crippen molar-refractivity contribution < 1.29 is 14.3 Å². The summed E-state index contributed by atoms with van der Waals surface area (Å²) in [5.41, 5.74) is 0.971. The number of hydrogen-bond donors (Lipinski definition) is 2. The number of piperidine rings is 1. The van der Waals surface area contributed by atoms with Crippen molar-refractivity contribution >= 4 is 11.8 Å². The number of carbonyl (C=O) groups is 2. The van der Waals surface area contributed by atoms with Crippen LogP contribution in [0.15, 0.2) is 36.9 Å². The maximum atomic E-state index is 11.6. The zero-order chi connectivity index (χ0) is 14.4. The second-order valence-electron chi connectivity index (χ2n) is 4.59. The van der Waals surface area contributed by atoms with Crippen LogP contribution in [-0.2, 0) is 16.1 Å². The average molecular weight is 274 g/mol. The third kappa shape index (κ3) is 3.68. The molecule has 1 aromatic carbocycles. The summed E-state index contributed by atoms with van der Waals surface area (Å²) < 4.78 is 5.56. The van der Waals surface area contributed by atoms with Crippen molar-refractivity contribution in [1.82, 2.24) is 10.6 Å². The lowest BCUT2D eigenvalue weighted by Crippen LogP contribution is -2.50. The number of rotatable bonds is 6. The van der Waals surface area contributed by atoms with Gasteiger partial charge in [0.2, 0.25) is 11.8 Å². The molecule has 2 N–H and O–H groups in total. The molecule has 1 aliphatic heterocycles. The van der Waals surface area contributed by atoms with E-state index in [1.807, 2.05) is 24.3 Å². The number of hydrogen-bond acceptors (Lipinski definition) is 4. The SMILES string of the molecule is C=CCOc1ccccc1CNC1CCC(=O)NC1=O. The van der Waals surface area contributed by atoms with Gasteiger partial charge < -0.3 is 10.1 Å². The first kappa shape index (κ1) is 14.3. The normalized spacial score (nSPS) is 18.5. The Morgan fingerprint density at radius 1 is 1.40 bits per heavy atom. The highest BCUT2D eigenvalue weighted by molar-refractivity contribution is 6.00. The molecule has 1 saturated heterocycles. The number of imide groups is 1. The van der Waals surface area contributed by atoms with Crippen molar-refractivity contribution in [1.29, 1.82) is 0 Å². The van der Waals surface area contributed by atoms with Gasteiger partial charge in [0.1, 0.15) is 12.4 Å². The molecule has 1 unspecified atom stereocenters. The van der Waals surface area contributed by atoms with E-state index in [4.69, 9.17) is 4.74 Å². The van der Waals surface area contributed by atoms with Gasteiger partial charge in [0, 0.05) is 18.5 Å². The standard InChI is InChI=1S/C15H18N2O3/c1-2-9-20-13-6-4-3-5-11(13)10-16-12-7-8-14(18)17-15(12)19/h2-6,12,16H,1,7-10H2,(H,17,18,19). The second-order valence-corrected chi connectivity index (χ2v) is 4.59. The lowest BCUT2D eigenvalue weighted by molar-refractivity contribution is -0.134. The van der Waals surface area contributed by atoms with Crippen LogP contribution in [0.1, 0.15) is 18.4 Å². The molecule has 5 nitrogen and oxygen atoms in total. The Hall–Kier alpha value is -2.14. The van der Waals surface area contributed by atoms with Gasteiger partial charge in [0.05, 0.1) is 6.04 Å². The first-order valence-electron chi connectivity index (χ1n) is 6.59. The van der Waals surface area contributed by atoms with Gasteiger partial charge >= 0.3 is 0 Å². The third-order valence-electron chi connectivity index (χ3n) is 3.11. The van der Waals surface area contributed by atoms with E-state index in [9.17, 15) is 9.59 Å². The first-order valence-corrected chi connectivity index (χ1v) is 6.59. The monoisotopic (exact) mass is 274 g/mol. The molecular weight excluding hydrogens is 256 g/mol. The van der Waals surface area contributed by atoms with E-state index in [-0.39, 0.29) is 17.9 Å². The van der Waals surface area contributed by atoms with Crippen LogP contribution in [0.2, 0.25) is 0 Å². The molecule has 0 radical (unpaired) electrons. The van der Waals surface area contributed by atoms with Crippen molar-refractivity contribution in [2.24, 2.45) is 0 Å². The van der Waals surface area contributed by atoms with Crippen molar-refractivity contribution in [2.75, 3.05) is 6.61 Å². The third-order valence-corrected chi connectivity index (χ3v) is 3.11. The second kappa shape index (κ2) is 6.86. The van der Waals surface area contributed by atoms with Crippen LogP contribution < -0.4 is 15.4 Å². The summed E-state index contributed by atoms with van der Waals surface area (Å²) in [5.74, 6) is 0.306. The molecule has 0 aromatic heterocycles. The zero-order valence-electron chi connectivity index (χ0n) is 11.2. The molecule has 20 heavy (non-hydrogen) atoms. The van der Waals surface area contributed by atoms with Gasteiger partial charge in [-0.15, -0.1) is 0 Å². The molecule has 0 aliphatic carbocycles. The summed E-state index contributed by atoms with van der Waals surface area (Å²) in [5, 5.41) is 5.48. The van der Waals surface area contributed by atoms with E-state index >= 15 is 0 Å². The fraction of sp³-hybridized carbons (Fsp3) is 0.333. The highest BCUT2D eigenvalue weighted by Gasteiger charge is 2.25. The van der Waals surface area contributed by atoms with Crippen LogP contribution >= 0.6 is 0 Å². The maximum absolute atomic E-state index is 11.6. The molecule has 0 saturated carbocycles. The topological polar surface area (TPSA) is 67.4 Å². The highest BCUT2D eigenvalue weighted by Crippen LogP contribution is 2.18. The molecule has 1 fully saturated rings. The van der Waals surface area contributed by atoms with E-state index in [1.54, 1.807) is 6.08 Å². The van der Waals surface area contributed by atoms with Crippen molar-refractivity contribution in [3.05, 3.63) is 42.5 Å². The molecule has 1 aromatic rings. The van der Waals surface area contributed by atoms with Crippen molar-refractivity contribution in [2.45, 2.75) is 25.4 Å². The zero-order valence-corrected chi connectivity index (χ0v) is 11.2. The Labute approximate surface area is 118 Å². The molecule has 2 amide bonds. The summed E-state index contributed by atoms with van der Waals surface area (Å²) in [6, 6.07) is 7.30. The Bertz CT molecular complexity index is 514. The molecule has 0 spiro atoms. The smallest absolute Gasteiger partial charge is 0.243 e. The Kier molecular flexibility index (Phi) is 4.90. The number of amides is 2. The van der Waals surface area contributed by atoms with Crippen molar-refractivity contribution in [3.63, 3.8) is 0 Å². The maximum Gasteiger partial charge on any atom is 0.243 e. The number of ether oxygens (including phenoxy) is 1. The van der Waals surface area contributed by atoms with Gasteiger partial charge in [-0.25, -0.2) is 0 Å². The van der Waals surface area contributed by atoms with Crippen LogP contribution in [0, 0.1) is 0 Å². The molecule has 1 heterocycles. The molecular formula is C15H18N2O3. The number of para-hydroxylation sites is 1. The van der Waals surface area contributed by atoms with E-state index in [1.165, 1.54) is 0 Å². The molecule has 0 bridgehead atoms. The first-order chi connectivity index (χ1) is 9.70. The van der Waals surface area contributed by atoms with Gasteiger partial charge in [-0.1, -0.05) is 30.9 Å². The minimum atomic E-state index is -0.333. The summed E-state index contributed by atoms with van der Waals surface area (Å²) in [4.78, 5) is 22.7. The van der Waals surface area contributed by atoms with E-state index in [0.717, 1.165) is 11.3 Å². The fourth-order valence-electron chi connectivity index (χ4n) is 2.06. The molecule has 1 aliphatic rings. The largest absolute Gasteiger partial charge is 0.489 e. The molecule has 5 heteroatoms. The predicted octanol–water partition coefficient (Wildman–Crippen LogP) is 1.15. The molecule has 106 valence electrons. The van der Waals surface area contributed by atoms with Crippen LogP contribution in [0.5, 0.6) is 5.75 Å². The van der Waals surface area contributed by atoms with Crippen LogP contribution in [-0.4, -0.2) is 24.5 Å². The van der Waals surface area contributed by atoms with Gasteiger partial charge in [0.25, 0.3) is 0 Å². The molecule has 1 atom stereocenters. The Balaban J connectivity index is 1.95. The number of benzene rings is 1. The summed E-state index contributed by atoms with van der Waals surface area (Å²) in [7, 11) is 0. The quantitative estimate of drug-likeness (QED) is 0.603. The summed E-state index contributed by atoms with van der Waals surface area (Å²) in [6.07, 6.45) is 2.59. The minimum absolute atomic E-state index is 0.206. The van der Waals surface area contributed by atoms with Crippen LogP contribution in [0.25, 0.3) is 0 Å². The predicted molar refractivity (Wildman–Crippen MR) is 75.1 cm³/mol. The lowest BCUT2D eigenvalue weighted by atomic mass is 10.1. The summed E-state index contributed by atoms with van der Waals surface area (Å²) in [6.45, 7) is 4.57. The summed E-state index contributed by atoms with van der Waals surface area (Å²) >= 11 is 0. The van der Waals surface area contributed by atoms with Gasteiger partial charge in [0.15, 0.2) is 0 Å². The number of nitrogens with one attached hydrogen (secondary N) is 2. The Morgan fingerprint density at radius 3 is 2.95 bits per heavy atom. The van der Waals surface area contributed by atoms with E-state index < -0.39 is 0 Å². The number of carbonyl (C=O) groups excluding carboxylic acids is 2. The van der Waals surface area contributed by atoms with Crippen molar-refractivity contribution in [3.8, 4) is 5.75 Å². The van der Waals surface area contributed by atoms with E-state index in [2.05, 4.69) is 17.2 Å². The van der Waals surface area contributed by atoms with Gasteiger partial charge in [-0.05, 0) is 12.5 Å². The highest BCUT2D eigenvalue weighted by atomic mass is 16.5. The lowest BCUT2D eigenvalue weighted by Gasteiger charge is -2.22. The van der Waals surface area contributed by atoms with Crippen LogP contribution in [0.4, 0.5) is 0 Å². The van der Waals surface area contributed by atoms with Gasteiger partial charge in [-0.3, -0.25) is 14.9 Å².